The van der Waals surface area contributed by atoms with Gasteiger partial charge in [0.15, 0.2) is 0 Å². The highest BCUT2D eigenvalue weighted by Gasteiger charge is 2.44. The highest BCUT2D eigenvalue weighted by atomic mass is 79.9. The minimum absolute atomic E-state index is 0.0114. The van der Waals surface area contributed by atoms with Gasteiger partial charge in [0.2, 0.25) is 0 Å². The van der Waals surface area contributed by atoms with E-state index in [-0.39, 0.29) is 34.0 Å². The third-order valence-corrected chi connectivity index (χ3v) is 8.08. The number of aliphatic carboxylic acids is 1. The fourth-order valence-electron chi connectivity index (χ4n) is 4.46. The Morgan fingerprint density at radius 1 is 1.11 bits per heavy atom. The molecule has 1 N–H and O–H groups in total. The summed E-state index contributed by atoms with van der Waals surface area (Å²) in [5.41, 5.74) is 1.18. The van der Waals surface area contributed by atoms with Crippen LogP contribution in [0.5, 0.6) is 5.75 Å². The minimum atomic E-state index is -4.09. The number of nitro groups is 1. The van der Waals surface area contributed by atoms with Crippen LogP contribution in [0.4, 0.5) is 5.69 Å². The van der Waals surface area contributed by atoms with Crippen molar-refractivity contribution in [3.63, 3.8) is 0 Å². The molecule has 1 amide bonds. The third-order valence-electron chi connectivity index (χ3n) is 6.26. The molecule has 0 bridgehead atoms. The smallest absolute Gasteiger partial charge is 0.339 e. The topological polar surface area (TPSA) is 144 Å². The van der Waals surface area contributed by atoms with Gasteiger partial charge in [-0.2, -0.15) is 8.42 Å². The minimum Gasteiger partial charge on any atom is -0.481 e. The van der Waals surface area contributed by atoms with Crippen molar-refractivity contribution in [1.29, 1.82) is 0 Å². The van der Waals surface area contributed by atoms with Gasteiger partial charge in [-0.05, 0) is 48.7 Å². The van der Waals surface area contributed by atoms with Crippen molar-refractivity contribution in [3.8, 4) is 5.75 Å². The molecule has 2 atom stereocenters. The summed E-state index contributed by atoms with van der Waals surface area (Å²) in [6, 6.07) is 14.7. The average Bonchev–Trinajstić information content (AvgIpc) is 2.88. The number of benzene rings is 3. The normalized spacial score (nSPS) is 17.1. The van der Waals surface area contributed by atoms with E-state index in [0.29, 0.717) is 17.3 Å². The summed E-state index contributed by atoms with van der Waals surface area (Å²) in [4.78, 5) is 38.0. The van der Waals surface area contributed by atoms with E-state index in [0.717, 1.165) is 11.6 Å². The molecule has 0 fully saturated rings. The number of carbonyl (C=O) groups excluding carboxylic acids is 1. The van der Waals surface area contributed by atoms with E-state index in [1.54, 1.807) is 12.1 Å². The Kier molecular flexibility index (Phi) is 7.83. The molecule has 1 aliphatic heterocycles. The van der Waals surface area contributed by atoms with Crippen molar-refractivity contribution >= 4 is 43.6 Å². The number of carbonyl (C=O) groups is 2. The fraction of sp³-hybridized carbons (Fsp3) is 0.231. The van der Waals surface area contributed by atoms with Gasteiger partial charge in [0.25, 0.3) is 11.6 Å². The zero-order chi connectivity index (χ0) is 27.6. The predicted octanol–water partition coefficient (Wildman–Crippen LogP) is 4.82. The first-order valence-electron chi connectivity index (χ1n) is 11.5. The number of fused-ring (bicyclic) bond motifs is 1. The van der Waals surface area contributed by atoms with Gasteiger partial charge in [-0.3, -0.25) is 19.7 Å². The SMILES string of the molecule is Cc1ccc(S(=O)(=O)Oc2ccc([C@@H]3[C@H](C(=O)O)c4ccc([N+](=O)[O-])cc4C(=O)N3CCCBr)cc2)cc1. The number of halogens is 1. The van der Waals surface area contributed by atoms with Crippen LogP contribution >= 0.6 is 15.9 Å². The summed E-state index contributed by atoms with van der Waals surface area (Å²) in [6.07, 6.45) is 0.509. The maximum Gasteiger partial charge on any atom is 0.339 e. The van der Waals surface area contributed by atoms with Crippen molar-refractivity contribution in [1.82, 2.24) is 4.90 Å². The third kappa shape index (κ3) is 5.41. The van der Waals surface area contributed by atoms with E-state index in [1.165, 1.54) is 53.4 Å². The van der Waals surface area contributed by atoms with Crippen molar-refractivity contribution in [2.75, 3.05) is 11.9 Å². The maximum atomic E-state index is 13.5. The summed E-state index contributed by atoms with van der Waals surface area (Å²) in [5.74, 6) is -2.91. The molecule has 0 spiro atoms. The number of amides is 1. The number of alkyl halides is 1. The lowest BCUT2D eigenvalue weighted by Crippen LogP contribution is -2.45. The Bertz CT molecular complexity index is 1490. The number of nitrogens with zero attached hydrogens (tertiary/aromatic N) is 2. The molecule has 0 unspecified atom stereocenters. The van der Waals surface area contributed by atoms with Crippen molar-refractivity contribution < 1.29 is 32.2 Å². The number of hydrogen-bond donors (Lipinski definition) is 1. The Labute approximate surface area is 227 Å². The molecule has 1 aliphatic rings. The van der Waals surface area contributed by atoms with Gasteiger partial charge in [-0.1, -0.05) is 51.8 Å². The van der Waals surface area contributed by atoms with Gasteiger partial charge in [-0.15, -0.1) is 0 Å². The molecule has 0 aliphatic carbocycles. The lowest BCUT2D eigenvalue weighted by atomic mass is 9.79. The van der Waals surface area contributed by atoms with E-state index < -0.39 is 38.9 Å². The molecule has 0 saturated carbocycles. The Morgan fingerprint density at radius 2 is 1.76 bits per heavy atom. The maximum absolute atomic E-state index is 13.5. The lowest BCUT2D eigenvalue weighted by Gasteiger charge is -2.40. The number of non-ortho nitro benzene ring substituents is 1. The number of carboxylic acids is 1. The molecular formula is C26H23BrN2O8S. The number of aryl methyl sites for hydroxylation is 1. The largest absolute Gasteiger partial charge is 0.481 e. The second-order valence-electron chi connectivity index (χ2n) is 8.75. The van der Waals surface area contributed by atoms with Crippen molar-refractivity contribution in [3.05, 3.63) is 99.1 Å². The second kappa shape index (κ2) is 10.9. The second-order valence-corrected chi connectivity index (χ2v) is 11.1. The highest BCUT2D eigenvalue weighted by Crippen LogP contribution is 2.44. The van der Waals surface area contributed by atoms with Gasteiger partial charge in [-0.25, -0.2) is 0 Å². The van der Waals surface area contributed by atoms with Crippen LogP contribution in [-0.4, -0.2) is 47.1 Å². The molecule has 3 aromatic rings. The molecule has 0 aromatic heterocycles. The van der Waals surface area contributed by atoms with Crippen LogP contribution < -0.4 is 4.18 Å². The Morgan fingerprint density at radius 3 is 2.34 bits per heavy atom. The van der Waals surface area contributed by atoms with Crippen LogP contribution in [0.2, 0.25) is 0 Å². The van der Waals surface area contributed by atoms with Crippen molar-refractivity contribution in [2.24, 2.45) is 0 Å². The Balaban J connectivity index is 1.72. The van der Waals surface area contributed by atoms with Crippen LogP contribution in [0.3, 0.4) is 0 Å². The quantitative estimate of drug-likeness (QED) is 0.159. The van der Waals surface area contributed by atoms with Gasteiger partial charge in [0.1, 0.15) is 16.6 Å². The van der Waals surface area contributed by atoms with Crippen LogP contribution in [0.25, 0.3) is 0 Å². The molecule has 12 heteroatoms. The summed E-state index contributed by atoms with van der Waals surface area (Å²) in [7, 11) is -4.09. The zero-order valence-electron chi connectivity index (χ0n) is 20.1. The molecule has 198 valence electrons. The number of hydrogen-bond acceptors (Lipinski definition) is 7. The molecule has 4 rings (SSSR count). The monoisotopic (exact) mass is 602 g/mol. The van der Waals surface area contributed by atoms with Crippen molar-refractivity contribution in [2.45, 2.75) is 30.2 Å². The summed E-state index contributed by atoms with van der Waals surface area (Å²) >= 11 is 3.32. The zero-order valence-corrected chi connectivity index (χ0v) is 22.5. The van der Waals surface area contributed by atoms with Crippen LogP contribution in [0.15, 0.2) is 71.6 Å². The lowest BCUT2D eigenvalue weighted by molar-refractivity contribution is -0.384. The van der Waals surface area contributed by atoms with E-state index >= 15 is 0 Å². The number of carboxylic acid groups (broad SMARTS) is 1. The standard InChI is InChI=1S/C26H23BrN2O8S/c1-16-3-10-20(11-4-16)38(35,36)37-19-8-5-17(6-9-19)24-23(26(31)32)21-12-7-18(29(33)34)15-22(21)25(30)28(24)14-2-13-27/h3-12,15,23-24H,2,13-14H2,1H3,(H,31,32)/t23-,24-/m1/s1. The van der Waals surface area contributed by atoms with Gasteiger partial charge in [0, 0.05) is 24.0 Å². The first kappa shape index (κ1) is 27.3. The summed E-state index contributed by atoms with van der Waals surface area (Å²) in [6.45, 7) is 2.03. The molecule has 10 nitrogen and oxygen atoms in total. The van der Waals surface area contributed by atoms with Crippen LogP contribution in [0.1, 0.15) is 45.4 Å². The summed E-state index contributed by atoms with van der Waals surface area (Å²) in [5, 5.41) is 22.0. The van der Waals surface area contributed by atoms with Gasteiger partial charge >= 0.3 is 16.1 Å². The number of rotatable bonds is 9. The molecule has 0 radical (unpaired) electrons. The molecule has 0 saturated heterocycles. The molecule has 3 aromatic carbocycles. The van der Waals surface area contributed by atoms with E-state index in [1.807, 2.05) is 6.92 Å². The van der Waals surface area contributed by atoms with Gasteiger partial charge in [0.05, 0.1) is 16.5 Å². The van der Waals surface area contributed by atoms with Crippen LogP contribution in [0, 0.1) is 17.0 Å². The van der Waals surface area contributed by atoms with E-state index in [9.17, 15) is 33.2 Å². The average molecular weight is 603 g/mol. The Hall–Kier alpha value is -3.77. The van der Waals surface area contributed by atoms with Gasteiger partial charge < -0.3 is 14.2 Å². The molecule has 1 heterocycles. The number of nitro benzene ring substituents is 1. The first-order chi connectivity index (χ1) is 18.0. The summed E-state index contributed by atoms with van der Waals surface area (Å²) < 4.78 is 30.6. The molecule has 38 heavy (non-hydrogen) atoms. The first-order valence-corrected chi connectivity index (χ1v) is 14.1. The van der Waals surface area contributed by atoms with Crippen LogP contribution in [-0.2, 0) is 14.9 Å². The van der Waals surface area contributed by atoms with E-state index in [2.05, 4.69) is 15.9 Å². The van der Waals surface area contributed by atoms with E-state index in [4.69, 9.17) is 4.18 Å². The molecular weight excluding hydrogens is 580 g/mol. The fourth-order valence-corrected chi connectivity index (χ4v) is 5.64. The highest BCUT2D eigenvalue weighted by molar-refractivity contribution is 9.09. The predicted molar refractivity (Wildman–Crippen MR) is 141 cm³/mol.